The molecule has 3 aliphatic rings. The van der Waals surface area contributed by atoms with E-state index in [1.54, 1.807) is 4.90 Å². The zero-order valence-electron chi connectivity index (χ0n) is 17.0. The van der Waals surface area contributed by atoms with Crippen LogP contribution in [0.4, 0.5) is 5.13 Å². The van der Waals surface area contributed by atoms with Crippen LogP contribution in [0.25, 0.3) is 0 Å². The van der Waals surface area contributed by atoms with Gasteiger partial charge in [0.25, 0.3) is 5.97 Å². The van der Waals surface area contributed by atoms with E-state index in [1.807, 2.05) is 11.8 Å². The number of aliphatic carboxylic acids is 1. The lowest BCUT2D eigenvalue weighted by Crippen LogP contribution is -2.41. The van der Waals surface area contributed by atoms with Gasteiger partial charge in [0, 0.05) is 33.0 Å². The van der Waals surface area contributed by atoms with Crippen LogP contribution in [-0.4, -0.2) is 70.7 Å². The fourth-order valence-corrected chi connectivity index (χ4v) is 5.11. The van der Waals surface area contributed by atoms with E-state index in [4.69, 9.17) is 9.90 Å². The number of carbonyl (C=O) groups is 3. The van der Waals surface area contributed by atoms with Crippen molar-refractivity contribution in [2.75, 3.05) is 37.6 Å². The fourth-order valence-electron chi connectivity index (χ4n) is 4.30. The summed E-state index contributed by atoms with van der Waals surface area (Å²) in [6.45, 7) is 7.34. The average molecular weight is 424 g/mol. The molecule has 9 nitrogen and oxygen atoms in total. The van der Waals surface area contributed by atoms with Crippen LogP contribution in [0.15, 0.2) is 0 Å². The number of carbonyl (C=O) groups excluding carboxylic acids is 2. The molecule has 0 saturated carbocycles. The molecule has 2 N–H and O–H groups in total. The summed E-state index contributed by atoms with van der Waals surface area (Å²) in [5.74, 6) is -0.933. The van der Waals surface area contributed by atoms with E-state index in [-0.39, 0.29) is 17.7 Å². The molecule has 3 aliphatic heterocycles. The van der Waals surface area contributed by atoms with E-state index in [0.717, 1.165) is 63.8 Å². The summed E-state index contributed by atoms with van der Waals surface area (Å²) >= 11 is 1.45. The maximum absolute atomic E-state index is 13.0. The second kappa shape index (κ2) is 9.17. The lowest BCUT2D eigenvalue weighted by atomic mass is 9.78. The van der Waals surface area contributed by atoms with Gasteiger partial charge in [-0.2, -0.15) is 0 Å². The first kappa shape index (κ1) is 21.6. The van der Waals surface area contributed by atoms with E-state index < -0.39 is 5.97 Å². The highest BCUT2D eigenvalue weighted by atomic mass is 32.1. The van der Waals surface area contributed by atoms with Gasteiger partial charge in [0.1, 0.15) is 5.01 Å². The second-order valence-corrected chi connectivity index (χ2v) is 9.06. The van der Waals surface area contributed by atoms with Gasteiger partial charge in [-0.05, 0) is 44.2 Å². The summed E-state index contributed by atoms with van der Waals surface area (Å²) < 4.78 is 0. The van der Waals surface area contributed by atoms with Crippen LogP contribution in [0.5, 0.6) is 0 Å². The Balaban J connectivity index is 0.000000552. The highest BCUT2D eigenvalue weighted by Gasteiger charge is 2.44. The molecule has 4 rings (SSSR count). The van der Waals surface area contributed by atoms with Crippen LogP contribution in [0.3, 0.4) is 0 Å². The van der Waals surface area contributed by atoms with Gasteiger partial charge >= 0.3 is 0 Å². The number of carboxylic acids is 1. The molecule has 160 valence electrons. The number of nitrogens with one attached hydrogen (secondary N) is 1. The monoisotopic (exact) mass is 423 g/mol. The zero-order valence-corrected chi connectivity index (χ0v) is 17.8. The Bertz CT molecular complexity index is 758. The predicted octanol–water partition coefficient (Wildman–Crippen LogP) is 1.15. The first-order valence-electron chi connectivity index (χ1n) is 10.2. The maximum Gasteiger partial charge on any atom is 0.300 e. The molecule has 1 aromatic heterocycles. The number of amides is 2. The predicted molar refractivity (Wildman–Crippen MR) is 109 cm³/mol. The summed E-state index contributed by atoms with van der Waals surface area (Å²) in [5, 5.41) is 20.6. The molecule has 10 heteroatoms. The number of aromatic nitrogens is 2. The number of hydrogen-bond acceptors (Lipinski definition) is 7. The van der Waals surface area contributed by atoms with Gasteiger partial charge in [0.05, 0.1) is 5.92 Å². The standard InChI is InChI=1S/C17H25N5O2S.C2H4O2/c1-2-13-19-20-16(25-13)22-10-12(9-14(22)23)15(24)21-8-5-17(11-21)3-6-18-7-4-17;1-2(3)4/h12,18H,2-11H2,1H3;1H3,(H,3,4). The van der Waals surface area contributed by atoms with Crippen LogP contribution >= 0.6 is 11.3 Å². The molecule has 29 heavy (non-hydrogen) atoms. The third-order valence-electron chi connectivity index (χ3n) is 5.88. The Morgan fingerprint density at radius 1 is 1.28 bits per heavy atom. The smallest absolute Gasteiger partial charge is 0.300 e. The minimum atomic E-state index is -0.833. The third kappa shape index (κ3) is 5.11. The topological polar surface area (TPSA) is 116 Å². The molecule has 3 fully saturated rings. The van der Waals surface area contributed by atoms with Crippen molar-refractivity contribution >= 4 is 34.3 Å². The van der Waals surface area contributed by atoms with Gasteiger partial charge in [-0.1, -0.05) is 18.3 Å². The highest BCUT2D eigenvalue weighted by Crippen LogP contribution is 2.39. The van der Waals surface area contributed by atoms with Gasteiger partial charge < -0.3 is 15.3 Å². The largest absolute Gasteiger partial charge is 0.481 e. The minimum Gasteiger partial charge on any atom is -0.481 e. The van der Waals surface area contributed by atoms with Gasteiger partial charge in [-0.3, -0.25) is 19.3 Å². The van der Waals surface area contributed by atoms with Crippen molar-refractivity contribution in [2.45, 2.75) is 46.0 Å². The Morgan fingerprint density at radius 3 is 2.59 bits per heavy atom. The van der Waals surface area contributed by atoms with E-state index in [0.29, 0.717) is 23.5 Å². The number of hydrogen-bond donors (Lipinski definition) is 2. The summed E-state index contributed by atoms with van der Waals surface area (Å²) in [6, 6.07) is 0. The quantitative estimate of drug-likeness (QED) is 0.749. The molecule has 1 spiro atoms. The van der Waals surface area contributed by atoms with Gasteiger partial charge in [-0.25, -0.2) is 0 Å². The maximum atomic E-state index is 13.0. The average Bonchev–Trinajstić information content (AvgIpc) is 3.40. The molecule has 3 saturated heterocycles. The van der Waals surface area contributed by atoms with Crippen LogP contribution in [0.1, 0.15) is 44.5 Å². The Labute approximate surface area is 174 Å². The summed E-state index contributed by atoms with van der Waals surface area (Å²) in [5.41, 5.74) is 0.304. The molecule has 2 amide bonds. The molecule has 0 aromatic carbocycles. The number of rotatable bonds is 3. The molecule has 4 heterocycles. The highest BCUT2D eigenvalue weighted by molar-refractivity contribution is 7.15. The minimum absolute atomic E-state index is 0.00655. The SMILES string of the molecule is CC(=O)O.CCc1nnc(N2CC(C(=O)N3CCC4(CCNCC4)C3)CC2=O)s1. The van der Waals surface area contributed by atoms with Crippen LogP contribution < -0.4 is 10.2 Å². The Kier molecular flexibility index (Phi) is 6.84. The molecule has 0 aliphatic carbocycles. The van der Waals surface area contributed by atoms with Gasteiger partial charge in [0.2, 0.25) is 16.9 Å². The number of nitrogens with zero attached hydrogens (tertiary/aromatic N) is 4. The summed E-state index contributed by atoms with van der Waals surface area (Å²) in [4.78, 5) is 38.0. The first-order valence-corrected chi connectivity index (χ1v) is 11.0. The molecule has 0 bridgehead atoms. The zero-order chi connectivity index (χ0) is 21.0. The molecule has 0 radical (unpaired) electrons. The number of piperidine rings is 1. The van der Waals surface area contributed by atoms with Crippen LogP contribution in [0.2, 0.25) is 0 Å². The van der Waals surface area contributed by atoms with E-state index in [1.165, 1.54) is 11.3 Å². The molecular formula is C19H29N5O4S. The third-order valence-corrected chi connectivity index (χ3v) is 6.97. The van der Waals surface area contributed by atoms with Crippen molar-refractivity contribution in [3.8, 4) is 0 Å². The van der Waals surface area contributed by atoms with E-state index >= 15 is 0 Å². The number of carboxylic acid groups (broad SMARTS) is 1. The van der Waals surface area contributed by atoms with Crippen LogP contribution in [-0.2, 0) is 20.8 Å². The lowest BCUT2D eigenvalue weighted by molar-refractivity contribution is -0.135. The number of anilines is 1. The Morgan fingerprint density at radius 2 is 1.97 bits per heavy atom. The first-order chi connectivity index (χ1) is 13.8. The lowest BCUT2D eigenvalue weighted by Gasteiger charge is -2.34. The molecular weight excluding hydrogens is 394 g/mol. The Hall–Kier alpha value is -2.07. The van der Waals surface area contributed by atoms with Crippen molar-refractivity contribution in [1.82, 2.24) is 20.4 Å². The van der Waals surface area contributed by atoms with Crippen molar-refractivity contribution in [2.24, 2.45) is 11.3 Å². The summed E-state index contributed by atoms with van der Waals surface area (Å²) in [7, 11) is 0. The normalized spacial score (nSPS) is 23.2. The molecule has 1 unspecified atom stereocenters. The number of likely N-dealkylation sites (tertiary alicyclic amines) is 1. The fraction of sp³-hybridized carbons (Fsp3) is 0.737. The van der Waals surface area contributed by atoms with Crippen molar-refractivity contribution in [3.05, 3.63) is 5.01 Å². The van der Waals surface area contributed by atoms with Crippen LogP contribution in [0, 0.1) is 11.3 Å². The second-order valence-electron chi connectivity index (χ2n) is 8.02. The van der Waals surface area contributed by atoms with Crippen molar-refractivity contribution in [1.29, 1.82) is 0 Å². The number of aryl methyl sites for hydroxylation is 1. The van der Waals surface area contributed by atoms with Gasteiger partial charge in [0.15, 0.2) is 0 Å². The van der Waals surface area contributed by atoms with Gasteiger partial charge in [-0.15, -0.1) is 10.2 Å². The van der Waals surface area contributed by atoms with E-state index in [9.17, 15) is 9.59 Å². The molecule has 1 atom stereocenters. The summed E-state index contributed by atoms with van der Waals surface area (Å²) in [6.07, 6.45) is 4.51. The van der Waals surface area contributed by atoms with E-state index in [2.05, 4.69) is 15.5 Å². The molecule has 1 aromatic rings. The van der Waals surface area contributed by atoms with Crippen molar-refractivity contribution < 1.29 is 19.5 Å². The van der Waals surface area contributed by atoms with Crippen molar-refractivity contribution in [3.63, 3.8) is 0 Å².